The molecule has 0 radical (unpaired) electrons. The van der Waals surface area contributed by atoms with Crippen LogP contribution in [-0.4, -0.2) is 10.2 Å². The Morgan fingerprint density at radius 2 is 2.07 bits per heavy atom. The van der Waals surface area contributed by atoms with Crippen molar-refractivity contribution in [2.24, 2.45) is 5.84 Å². The summed E-state index contributed by atoms with van der Waals surface area (Å²) in [6, 6.07) is 5.44. The molecular formula is C10H13ClN4. The number of halogens is 1. The number of rotatable bonds is 1. The first-order valence-electron chi connectivity index (χ1n) is 4.69. The van der Waals surface area contributed by atoms with Crippen molar-refractivity contribution in [3.05, 3.63) is 29.4 Å². The molecule has 2 aromatic rings. The minimum atomic E-state index is 0.550. The minimum Gasteiger partial charge on any atom is -0.306 e. The maximum Gasteiger partial charge on any atom is 0.170 e. The second kappa shape index (κ2) is 5.48. The molecule has 0 aliphatic heterocycles. The van der Waals surface area contributed by atoms with E-state index in [1.807, 2.05) is 26.0 Å². The van der Waals surface area contributed by atoms with Crippen molar-refractivity contribution in [3.8, 4) is 0 Å². The Morgan fingerprint density at radius 3 is 2.73 bits per heavy atom. The number of nitrogen functional groups attached to an aromatic ring is 1. The molecule has 0 bridgehead atoms. The maximum atomic E-state index is 5.81. The summed E-state index contributed by atoms with van der Waals surface area (Å²) in [6.07, 6.45) is 1.64. The van der Waals surface area contributed by atoms with Crippen LogP contribution >= 0.6 is 11.6 Å². The van der Waals surface area contributed by atoms with Crippen LogP contribution in [0.5, 0.6) is 0 Å². The van der Waals surface area contributed by atoms with Gasteiger partial charge >= 0.3 is 0 Å². The molecule has 1 aromatic heterocycles. The van der Waals surface area contributed by atoms with Crippen LogP contribution in [0, 0.1) is 0 Å². The second-order valence-corrected chi connectivity index (χ2v) is 3.01. The van der Waals surface area contributed by atoms with Gasteiger partial charge in [0.15, 0.2) is 5.82 Å². The molecule has 0 saturated heterocycles. The average Bonchev–Trinajstić information content (AvgIpc) is 2.30. The lowest BCUT2D eigenvalue weighted by atomic mass is 10.2. The molecule has 0 amide bonds. The smallest absolute Gasteiger partial charge is 0.170 e. The van der Waals surface area contributed by atoms with Crippen LogP contribution in [0.25, 0.3) is 10.8 Å². The molecule has 0 aliphatic rings. The van der Waals surface area contributed by atoms with Crippen LogP contribution in [0.1, 0.15) is 13.8 Å². The van der Waals surface area contributed by atoms with Gasteiger partial charge in [0.25, 0.3) is 0 Å². The molecule has 1 heterocycles. The molecule has 0 atom stereocenters. The van der Waals surface area contributed by atoms with Crippen molar-refractivity contribution in [3.63, 3.8) is 0 Å². The van der Waals surface area contributed by atoms with Gasteiger partial charge in [0.2, 0.25) is 0 Å². The third kappa shape index (κ3) is 2.55. The van der Waals surface area contributed by atoms with Crippen molar-refractivity contribution in [1.82, 2.24) is 10.2 Å². The fraction of sp³-hybridized carbons (Fsp3) is 0.200. The third-order valence-corrected chi connectivity index (χ3v) is 2.00. The fourth-order valence-electron chi connectivity index (χ4n) is 1.17. The van der Waals surface area contributed by atoms with Crippen LogP contribution < -0.4 is 11.3 Å². The van der Waals surface area contributed by atoms with Gasteiger partial charge in [0, 0.05) is 15.8 Å². The number of hydrazine groups is 1. The summed E-state index contributed by atoms with van der Waals surface area (Å²) in [4.78, 5) is 0. The summed E-state index contributed by atoms with van der Waals surface area (Å²) in [5, 5.41) is 10.1. The SMILES string of the molecule is CC.NNc1nncc2cc(Cl)ccc12. The van der Waals surface area contributed by atoms with Crippen molar-refractivity contribution in [1.29, 1.82) is 0 Å². The number of nitrogens with one attached hydrogen (secondary N) is 1. The molecule has 4 nitrogen and oxygen atoms in total. The monoisotopic (exact) mass is 224 g/mol. The normalized spacial score (nSPS) is 9.33. The highest BCUT2D eigenvalue weighted by atomic mass is 35.5. The van der Waals surface area contributed by atoms with E-state index in [9.17, 15) is 0 Å². The van der Waals surface area contributed by atoms with Gasteiger partial charge < -0.3 is 5.43 Å². The van der Waals surface area contributed by atoms with Crippen molar-refractivity contribution >= 4 is 28.2 Å². The molecule has 3 N–H and O–H groups in total. The summed E-state index contributed by atoms with van der Waals surface area (Å²) >= 11 is 5.81. The van der Waals surface area contributed by atoms with Gasteiger partial charge in [-0.15, -0.1) is 5.10 Å². The first-order chi connectivity index (χ1) is 7.31. The fourth-order valence-corrected chi connectivity index (χ4v) is 1.35. The Labute approximate surface area is 93.4 Å². The summed E-state index contributed by atoms with van der Waals surface area (Å²) in [7, 11) is 0. The molecule has 1 aromatic carbocycles. The highest BCUT2D eigenvalue weighted by Crippen LogP contribution is 2.22. The maximum absolute atomic E-state index is 5.81. The molecule has 0 unspecified atom stereocenters. The molecule has 2 rings (SSSR count). The number of aromatic nitrogens is 2. The number of nitrogens with two attached hydrogens (primary N) is 1. The Kier molecular flexibility index (Phi) is 4.27. The first kappa shape index (κ1) is 11.7. The first-order valence-corrected chi connectivity index (χ1v) is 5.06. The van der Waals surface area contributed by atoms with Gasteiger partial charge in [-0.1, -0.05) is 25.4 Å². The number of fused-ring (bicyclic) bond motifs is 1. The van der Waals surface area contributed by atoms with Crippen LogP contribution in [0.4, 0.5) is 5.82 Å². The van der Waals surface area contributed by atoms with Crippen LogP contribution in [0.2, 0.25) is 5.02 Å². The van der Waals surface area contributed by atoms with E-state index < -0.39 is 0 Å². The standard InChI is InChI=1S/C8H7ClN4.C2H6/c9-6-1-2-7-5(3-6)4-11-13-8(7)12-10;1-2/h1-4H,10H2,(H,12,13);1-2H3. The van der Waals surface area contributed by atoms with E-state index in [0.29, 0.717) is 10.8 Å². The number of hydrogen-bond donors (Lipinski definition) is 2. The number of anilines is 1. The molecule has 15 heavy (non-hydrogen) atoms. The van der Waals surface area contributed by atoms with Gasteiger partial charge in [-0.25, -0.2) is 5.84 Å². The molecule has 0 spiro atoms. The van der Waals surface area contributed by atoms with E-state index in [1.54, 1.807) is 12.3 Å². The Bertz CT molecular complexity index is 444. The molecule has 5 heteroatoms. The van der Waals surface area contributed by atoms with Gasteiger partial charge in [0.05, 0.1) is 6.20 Å². The van der Waals surface area contributed by atoms with Crippen LogP contribution in [0.3, 0.4) is 0 Å². The van der Waals surface area contributed by atoms with E-state index in [2.05, 4.69) is 15.6 Å². The quantitative estimate of drug-likeness (QED) is 0.577. The molecule has 0 fully saturated rings. The van der Waals surface area contributed by atoms with Crippen molar-refractivity contribution in [2.45, 2.75) is 13.8 Å². The van der Waals surface area contributed by atoms with Crippen LogP contribution in [0.15, 0.2) is 24.4 Å². The largest absolute Gasteiger partial charge is 0.306 e. The number of benzene rings is 1. The predicted molar refractivity (Wildman–Crippen MR) is 63.7 cm³/mol. The topological polar surface area (TPSA) is 63.8 Å². The van der Waals surface area contributed by atoms with Gasteiger partial charge in [-0.3, -0.25) is 0 Å². The summed E-state index contributed by atoms with van der Waals surface area (Å²) in [5.74, 6) is 5.82. The van der Waals surface area contributed by atoms with E-state index >= 15 is 0 Å². The lowest BCUT2D eigenvalue weighted by Gasteiger charge is -2.02. The molecular weight excluding hydrogens is 212 g/mol. The lowest BCUT2D eigenvalue weighted by Crippen LogP contribution is -2.09. The zero-order chi connectivity index (χ0) is 11.3. The van der Waals surface area contributed by atoms with E-state index in [-0.39, 0.29) is 0 Å². The van der Waals surface area contributed by atoms with E-state index in [1.165, 1.54) is 0 Å². The lowest BCUT2D eigenvalue weighted by molar-refractivity contribution is 1.04. The van der Waals surface area contributed by atoms with E-state index in [4.69, 9.17) is 17.4 Å². The van der Waals surface area contributed by atoms with E-state index in [0.717, 1.165) is 10.8 Å². The number of nitrogens with zero attached hydrogens (tertiary/aromatic N) is 2. The third-order valence-electron chi connectivity index (χ3n) is 1.76. The second-order valence-electron chi connectivity index (χ2n) is 2.57. The Hall–Kier alpha value is -1.39. The highest BCUT2D eigenvalue weighted by Gasteiger charge is 2.01. The highest BCUT2D eigenvalue weighted by molar-refractivity contribution is 6.31. The molecule has 80 valence electrons. The van der Waals surface area contributed by atoms with Crippen molar-refractivity contribution in [2.75, 3.05) is 5.43 Å². The minimum absolute atomic E-state index is 0.550. The van der Waals surface area contributed by atoms with Gasteiger partial charge in [-0.05, 0) is 18.2 Å². The van der Waals surface area contributed by atoms with Gasteiger partial charge in [0.1, 0.15) is 0 Å². The molecule has 0 saturated carbocycles. The number of hydrogen-bond acceptors (Lipinski definition) is 4. The Morgan fingerprint density at radius 1 is 1.33 bits per heavy atom. The zero-order valence-corrected chi connectivity index (χ0v) is 9.42. The summed E-state index contributed by atoms with van der Waals surface area (Å²) in [6.45, 7) is 4.00. The van der Waals surface area contributed by atoms with Gasteiger partial charge in [-0.2, -0.15) is 5.10 Å². The van der Waals surface area contributed by atoms with Crippen LogP contribution in [-0.2, 0) is 0 Å². The zero-order valence-electron chi connectivity index (χ0n) is 8.66. The summed E-state index contributed by atoms with van der Waals surface area (Å²) < 4.78 is 0. The predicted octanol–water partition coefficient (Wildman–Crippen LogP) is 2.60. The Balaban J connectivity index is 0.000000531. The molecule has 0 aliphatic carbocycles. The average molecular weight is 225 g/mol. The van der Waals surface area contributed by atoms with Crippen molar-refractivity contribution < 1.29 is 0 Å². The summed E-state index contributed by atoms with van der Waals surface area (Å²) in [5.41, 5.74) is 2.47.